The van der Waals surface area contributed by atoms with Gasteiger partial charge in [-0.1, -0.05) is 42.7 Å². The van der Waals surface area contributed by atoms with Crippen LogP contribution in [0.4, 0.5) is 6.01 Å². The topological polar surface area (TPSA) is 77.2 Å². The van der Waals surface area contributed by atoms with Crippen molar-refractivity contribution in [2.45, 2.75) is 19.8 Å². The third-order valence-electron chi connectivity index (χ3n) is 3.53. The number of aromatic nitrogens is 2. The molecule has 0 unspecified atom stereocenters. The van der Waals surface area contributed by atoms with E-state index in [1.165, 1.54) is 0 Å². The van der Waals surface area contributed by atoms with Crippen LogP contribution >= 0.6 is 0 Å². The molecule has 0 fully saturated rings. The Bertz CT molecular complexity index is 831. The van der Waals surface area contributed by atoms with Crippen LogP contribution in [0.3, 0.4) is 0 Å². The minimum Gasteiger partial charge on any atom is -0.494 e. The minimum atomic E-state index is -0.329. The summed E-state index contributed by atoms with van der Waals surface area (Å²) in [7, 11) is 0. The molecule has 1 N–H and O–H groups in total. The summed E-state index contributed by atoms with van der Waals surface area (Å²) >= 11 is 0. The number of hydrogen-bond donors (Lipinski definition) is 1. The summed E-state index contributed by atoms with van der Waals surface area (Å²) in [6.45, 7) is 2.73. The predicted molar refractivity (Wildman–Crippen MR) is 94.5 cm³/mol. The number of rotatable bonds is 7. The maximum absolute atomic E-state index is 12.3. The van der Waals surface area contributed by atoms with Crippen LogP contribution in [0.25, 0.3) is 11.5 Å². The van der Waals surface area contributed by atoms with Gasteiger partial charge in [-0.05, 0) is 36.8 Å². The van der Waals surface area contributed by atoms with E-state index in [9.17, 15) is 4.79 Å². The smallest absolute Gasteiger partial charge is 0.322 e. The first-order valence-corrected chi connectivity index (χ1v) is 8.19. The van der Waals surface area contributed by atoms with Gasteiger partial charge < -0.3 is 9.15 Å². The van der Waals surface area contributed by atoms with Gasteiger partial charge in [0.15, 0.2) is 0 Å². The van der Waals surface area contributed by atoms with Crippen molar-refractivity contribution in [3.63, 3.8) is 0 Å². The number of ether oxygens (including phenoxy) is 1. The van der Waals surface area contributed by atoms with Crippen molar-refractivity contribution < 1.29 is 13.9 Å². The average molecular weight is 337 g/mol. The first-order chi connectivity index (χ1) is 12.3. The van der Waals surface area contributed by atoms with Gasteiger partial charge >= 0.3 is 6.01 Å². The molecule has 0 radical (unpaired) electrons. The molecule has 3 aromatic rings. The van der Waals surface area contributed by atoms with Crippen molar-refractivity contribution >= 4 is 11.9 Å². The lowest BCUT2D eigenvalue weighted by atomic mass is 10.2. The average Bonchev–Trinajstić information content (AvgIpc) is 3.11. The van der Waals surface area contributed by atoms with Gasteiger partial charge in [-0.2, -0.15) is 0 Å². The molecule has 0 atom stereocenters. The number of carbonyl (C=O) groups is 1. The number of hydrogen-bond acceptors (Lipinski definition) is 5. The highest BCUT2D eigenvalue weighted by Gasteiger charge is 2.13. The van der Waals surface area contributed by atoms with E-state index in [1.807, 2.05) is 36.4 Å². The number of unbranched alkanes of at least 4 members (excludes halogenated alkanes) is 1. The molecule has 0 spiro atoms. The van der Waals surface area contributed by atoms with Gasteiger partial charge in [-0.25, -0.2) is 0 Å². The molecule has 1 heterocycles. The SMILES string of the molecule is CCCCOc1cccc(C(=O)Nc2nnc(-c3ccccc3)o2)c1. The quantitative estimate of drug-likeness (QED) is 0.655. The number of carbonyl (C=O) groups excluding carboxylic acids is 1. The molecule has 0 aliphatic rings. The Balaban J connectivity index is 1.66. The Kier molecular flexibility index (Phi) is 5.41. The Labute approximate surface area is 145 Å². The number of nitrogens with one attached hydrogen (secondary N) is 1. The predicted octanol–water partition coefficient (Wildman–Crippen LogP) is 4.17. The van der Waals surface area contributed by atoms with Crippen LogP contribution in [-0.4, -0.2) is 22.7 Å². The van der Waals surface area contributed by atoms with E-state index in [1.54, 1.807) is 18.2 Å². The van der Waals surface area contributed by atoms with Crippen molar-refractivity contribution in [1.29, 1.82) is 0 Å². The summed E-state index contributed by atoms with van der Waals surface area (Å²) in [4.78, 5) is 12.3. The molecule has 0 aliphatic carbocycles. The van der Waals surface area contributed by atoms with Crippen molar-refractivity contribution in [3.8, 4) is 17.2 Å². The Hall–Kier alpha value is -3.15. The van der Waals surface area contributed by atoms with E-state index in [4.69, 9.17) is 9.15 Å². The van der Waals surface area contributed by atoms with Crippen molar-refractivity contribution in [3.05, 3.63) is 60.2 Å². The molecule has 2 aromatic carbocycles. The number of anilines is 1. The van der Waals surface area contributed by atoms with E-state index >= 15 is 0 Å². The lowest BCUT2D eigenvalue weighted by Gasteiger charge is -2.07. The Morgan fingerprint density at radius 2 is 1.96 bits per heavy atom. The molecule has 0 aliphatic heterocycles. The van der Waals surface area contributed by atoms with Crippen LogP contribution in [-0.2, 0) is 0 Å². The molecular formula is C19H19N3O3. The van der Waals surface area contributed by atoms with Crippen LogP contribution in [0.15, 0.2) is 59.0 Å². The summed E-state index contributed by atoms with van der Waals surface area (Å²) < 4.78 is 11.1. The molecule has 3 rings (SSSR count). The molecule has 0 saturated carbocycles. The zero-order chi connectivity index (χ0) is 17.5. The molecule has 25 heavy (non-hydrogen) atoms. The minimum absolute atomic E-state index is 0.0566. The maximum Gasteiger partial charge on any atom is 0.322 e. The second-order valence-electron chi connectivity index (χ2n) is 5.46. The van der Waals surface area contributed by atoms with Gasteiger partial charge in [0, 0.05) is 11.1 Å². The second kappa shape index (κ2) is 8.10. The zero-order valence-corrected chi connectivity index (χ0v) is 13.9. The van der Waals surface area contributed by atoms with Gasteiger partial charge in [-0.3, -0.25) is 10.1 Å². The fraction of sp³-hybridized carbons (Fsp3) is 0.211. The monoisotopic (exact) mass is 337 g/mol. The number of benzene rings is 2. The van der Waals surface area contributed by atoms with Crippen LogP contribution < -0.4 is 10.1 Å². The highest BCUT2D eigenvalue weighted by atomic mass is 16.5. The van der Waals surface area contributed by atoms with Gasteiger partial charge in [0.1, 0.15) is 5.75 Å². The molecular weight excluding hydrogens is 318 g/mol. The third kappa shape index (κ3) is 4.44. The fourth-order valence-electron chi connectivity index (χ4n) is 2.20. The highest BCUT2D eigenvalue weighted by molar-refractivity contribution is 6.03. The molecule has 0 saturated heterocycles. The van der Waals surface area contributed by atoms with Crippen molar-refractivity contribution in [2.24, 2.45) is 0 Å². The first-order valence-electron chi connectivity index (χ1n) is 8.19. The van der Waals surface area contributed by atoms with E-state index in [2.05, 4.69) is 22.4 Å². The summed E-state index contributed by atoms with van der Waals surface area (Å²) in [5, 5.41) is 10.4. The van der Waals surface area contributed by atoms with E-state index in [0.717, 1.165) is 18.4 Å². The third-order valence-corrected chi connectivity index (χ3v) is 3.53. The molecule has 6 nitrogen and oxygen atoms in total. The number of nitrogens with zero attached hydrogens (tertiary/aromatic N) is 2. The molecule has 128 valence electrons. The lowest BCUT2D eigenvalue weighted by molar-refractivity contribution is 0.102. The van der Waals surface area contributed by atoms with Gasteiger partial charge in [-0.15, -0.1) is 5.10 Å². The van der Waals surface area contributed by atoms with E-state index in [-0.39, 0.29) is 11.9 Å². The summed E-state index contributed by atoms with van der Waals surface area (Å²) in [6, 6.07) is 16.4. The van der Waals surface area contributed by atoms with Crippen LogP contribution in [0, 0.1) is 0 Å². The van der Waals surface area contributed by atoms with Gasteiger partial charge in [0.2, 0.25) is 5.89 Å². The van der Waals surface area contributed by atoms with Gasteiger partial charge in [0.05, 0.1) is 6.61 Å². The standard InChI is InChI=1S/C19H19N3O3/c1-2-3-12-24-16-11-7-10-15(13-16)17(23)20-19-22-21-18(25-19)14-8-5-4-6-9-14/h4-11,13H,2-3,12H2,1H3,(H,20,22,23). The van der Waals surface area contributed by atoms with E-state index in [0.29, 0.717) is 23.8 Å². The fourth-order valence-corrected chi connectivity index (χ4v) is 2.20. The van der Waals surface area contributed by atoms with Crippen LogP contribution in [0.1, 0.15) is 30.1 Å². The molecule has 1 amide bonds. The van der Waals surface area contributed by atoms with Crippen LogP contribution in [0.2, 0.25) is 0 Å². The van der Waals surface area contributed by atoms with E-state index < -0.39 is 0 Å². The summed E-state index contributed by atoms with van der Waals surface area (Å²) in [5.41, 5.74) is 1.26. The van der Waals surface area contributed by atoms with Crippen molar-refractivity contribution in [2.75, 3.05) is 11.9 Å². The van der Waals surface area contributed by atoms with Crippen molar-refractivity contribution in [1.82, 2.24) is 10.2 Å². The second-order valence-corrected chi connectivity index (χ2v) is 5.46. The zero-order valence-electron chi connectivity index (χ0n) is 13.9. The Morgan fingerprint density at radius 3 is 2.76 bits per heavy atom. The molecule has 6 heteroatoms. The summed E-state index contributed by atoms with van der Waals surface area (Å²) in [6.07, 6.45) is 2.03. The normalized spacial score (nSPS) is 10.4. The largest absolute Gasteiger partial charge is 0.494 e. The number of amides is 1. The molecule has 1 aromatic heterocycles. The summed E-state index contributed by atoms with van der Waals surface area (Å²) in [5.74, 6) is 0.688. The Morgan fingerprint density at radius 1 is 1.12 bits per heavy atom. The van der Waals surface area contributed by atoms with Crippen LogP contribution in [0.5, 0.6) is 5.75 Å². The van der Waals surface area contributed by atoms with Gasteiger partial charge in [0.25, 0.3) is 5.91 Å². The first kappa shape index (κ1) is 16.7. The maximum atomic E-state index is 12.3. The highest BCUT2D eigenvalue weighted by Crippen LogP contribution is 2.20. The molecule has 0 bridgehead atoms. The lowest BCUT2D eigenvalue weighted by Crippen LogP contribution is -2.12.